The van der Waals surface area contributed by atoms with Crippen molar-refractivity contribution in [2.45, 2.75) is 25.8 Å². The van der Waals surface area contributed by atoms with E-state index in [2.05, 4.69) is 20.6 Å². The van der Waals surface area contributed by atoms with Gasteiger partial charge >= 0.3 is 0 Å². The molecule has 10 heteroatoms. The number of aromatic amines is 1. The maximum absolute atomic E-state index is 13.3. The first kappa shape index (κ1) is 28.3. The summed E-state index contributed by atoms with van der Waals surface area (Å²) in [5.41, 5.74) is 4.75. The lowest BCUT2D eigenvalue weighted by Gasteiger charge is -2.32. The minimum atomic E-state index is -0.196. The molecule has 3 heterocycles. The van der Waals surface area contributed by atoms with Crippen LogP contribution in [0.15, 0.2) is 67.0 Å². The highest BCUT2D eigenvalue weighted by molar-refractivity contribution is 6.33. The van der Waals surface area contributed by atoms with Crippen molar-refractivity contribution in [1.29, 1.82) is 0 Å². The number of benzene rings is 2. The number of likely N-dealkylation sites (tertiary alicyclic amines) is 1. The molecule has 1 fully saturated rings. The lowest BCUT2D eigenvalue weighted by Crippen LogP contribution is -2.42. The molecule has 4 aromatic rings. The van der Waals surface area contributed by atoms with Gasteiger partial charge in [0.15, 0.2) is 0 Å². The first-order valence-electron chi connectivity index (χ1n) is 13.7. The van der Waals surface area contributed by atoms with E-state index >= 15 is 0 Å². The van der Waals surface area contributed by atoms with E-state index in [9.17, 15) is 9.59 Å². The minimum absolute atomic E-state index is 0.00549. The van der Waals surface area contributed by atoms with Crippen molar-refractivity contribution < 1.29 is 9.59 Å². The van der Waals surface area contributed by atoms with Crippen LogP contribution in [0, 0.1) is 6.92 Å². The summed E-state index contributed by atoms with van der Waals surface area (Å²) >= 11 is 6.48. The molecule has 212 valence electrons. The molecule has 9 nitrogen and oxygen atoms in total. The van der Waals surface area contributed by atoms with Crippen molar-refractivity contribution in [1.82, 2.24) is 24.8 Å². The van der Waals surface area contributed by atoms with E-state index in [1.165, 1.54) is 6.08 Å². The van der Waals surface area contributed by atoms with Crippen molar-refractivity contribution in [3.8, 4) is 11.3 Å². The maximum Gasteiger partial charge on any atom is 0.254 e. The number of nitrogens with zero attached hydrogens (tertiary/aromatic N) is 4. The molecule has 0 bridgehead atoms. The molecule has 2 aromatic carbocycles. The molecule has 1 aliphatic heterocycles. The lowest BCUT2D eigenvalue weighted by molar-refractivity contribution is -0.111. The van der Waals surface area contributed by atoms with Crippen LogP contribution in [0.2, 0.25) is 5.02 Å². The molecule has 0 aliphatic carbocycles. The molecular formula is C31H34ClN7O2. The Balaban J connectivity index is 1.18. The Hall–Kier alpha value is -4.21. The summed E-state index contributed by atoms with van der Waals surface area (Å²) in [5, 5.41) is 7.83. The van der Waals surface area contributed by atoms with Crippen molar-refractivity contribution in [3.63, 3.8) is 0 Å². The summed E-state index contributed by atoms with van der Waals surface area (Å²) in [7, 11) is 3.88. The number of hydrogen-bond acceptors (Lipinski definition) is 6. The Bertz CT molecular complexity index is 1590. The van der Waals surface area contributed by atoms with Crippen molar-refractivity contribution in [2.75, 3.05) is 44.4 Å². The number of anilines is 2. The van der Waals surface area contributed by atoms with Gasteiger partial charge in [-0.3, -0.25) is 9.59 Å². The van der Waals surface area contributed by atoms with E-state index in [0.717, 1.165) is 34.9 Å². The van der Waals surface area contributed by atoms with E-state index in [1.807, 2.05) is 67.3 Å². The molecule has 0 unspecified atom stereocenters. The Morgan fingerprint density at radius 3 is 2.71 bits per heavy atom. The first-order chi connectivity index (χ1) is 19.8. The van der Waals surface area contributed by atoms with E-state index in [-0.39, 0.29) is 17.9 Å². The van der Waals surface area contributed by atoms with Gasteiger partial charge in [-0.05, 0) is 63.7 Å². The van der Waals surface area contributed by atoms with Crippen LogP contribution in [0.3, 0.4) is 0 Å². The van der Waals surface area contributed by atoms with Crippen LogP contribution in [0.5, 0.6) is 0 Å². The predicted octanol–water partition coefficient (Wildman–Crippen LogP) is 5.36. The van der Waals surface area contributed by atoms with Gasteiger partial charge in [0.2, 0.25) is 11.9 Å². The zero-order chi connectivity index (χ0) is 28.9. The first-order valence-corrected chi connectivity index (χ1v) is 14.0. The molecule has 41 heavy (non-hydrogen) atoms. The Kier molecular flexibility index (Phi) is 8.66. The number of fused-ring (bicyclic) bond motifs is 1. The van der Waals surface area contributed by atoms with E-state index < -0.39 is 0 Å². The molecule has 0 radical (unpaired) electrons. The summed E-state index contributed by atoms with van der Waals surface area (Å²) in [6, 6.07) is 13.6. The van der Waals surface area contributed by atoms with Crippen LogP contribution < -0.4 is 10.6 Å². The number of H-pyrrole nitrogens is 1. The van der Waals surface area contributed by atoms with Crippen molar-refractivity contribution in [3.05, 3.63) is 83.2 Å². The third-order valence-electron chi connectivity index (χ3n) is 7.17. The molecule has 1 saturated heterocycles. The number of aryl methyl sites for hydroxylation is 1. The predicted molar refractivity (Wildman–Crippen MR) is 164 cm³/mol. The molecule has 0 spiro atoms. The van der Waals surface area contributed by atoms with E-state index in [1.54, 1.807) is 24.4 Å². The van der Waals surface area contributed by atoms with Gasteiger partial charge in [0, 0.05) is 65.7 Å². The number of amides is 2. The van der Waals surface area contributed by atoms with Gasteiger partial charge in [0.1, 0.15) is 0 Å². The quantitative estimate of drug-likeness (QED) is 0.246. The number of carbonyl (C=O) groups is 2. The second kappa shape index (κ2) is 12.5. The number of para-hydroxylation sites is 1. The number of hydrogen-bond donors (Lipinski definition) is 3. The SMILES string of the molecule is Cc1cc(NC(=O)/C=C/CN(C)C)ccc1C(=O)N1CCC(Nc2ncc(Cl)c(-c3c[nH]c4ccccc34)n2)CC1. The number of rotatable bonds is 8. The van der Waals surface area contributed by atoms with Gasteiger partial charge < -0.3 is 25.4 Å². The van der Waals surface area contributed by atoms with Crippen molar-refractivity contribution in [2.24, 2.45) is 0 Å². The summed E-state index contributed by atoms with van der Waals surface area (Å²) in [6.45, 7) is 3.81. The number of piperidine rings is 1. The summed E-state index contributed by atoms with van der Waals surface area (Å²) in [4.78, 5) is 41.7. The zero-order valence-corrected chi connectivity index (χ0v) is 24.2. The monoisotopic (exact) mass is 571 g/mol. The van der Waals surface area contributed by atoms with Crippen LogP contribution in [-0.2, 0) is 4.79 Å². The second-order valence-electron chi connectivity index (χ2n) is 10.5. The molecule has 0 saturated carbocycles. The average molecular weight is 572 g/mol. The van der Waals surface area contributed by atoms with Gasteiger partial charge in [0.05, 0.1) is 16.9 Å². The molecule has 0 atom stereocenters. The third-order valence-corrected chi connectivity index (χ3v) is 7.44. The van der Waals surface area contributed by atoms with E-state index in [0.29, 0.717) is 47.6 Å². The average Bonchev–Trinajstić information content (AvgIpc) is 3.38. The minimum Gasteiger partial charge on any atom is -0.360 e. The number of halogens is 1. The van der Waals surface area contributed by atoms with E-state index in [4.69, 9.17) is 16.6 Å². The van der Waals surface area contributed by atoms with Gasteiger partial charge in [-0.15, -0.1) is 0 Å². The second-order valence-corrected chi connectivity index (χ2v) is 10.9. The Labute approximate surface area is 244 Å². The molecule has 5 rings (SSSR count). The smallest absolute Gasteiger partial charge is 0.254 e. The number of carbonyl (C=O) groups excluding carboxylic acids is 2. The molecule has 2 aromatic heterocycles. The van der Waals surface area contributed by atoms with Crippen LogP contribution >= 0.6 is 11.6 Å². The highest BCUT2D eigenvalue weighted by atomic mass is 35.5. The van der Waals surface area contributed by atoms with Crippen molar-refractivity contribution >= 4 is 46.0 Å². The fourth-order valence-electron chi connectivity index (χ4n) is 5.01. The number of nitrogens with one attached hydrogen (secondary N) is 3. The molecule has 3 N–H and O–H groups in total. The maximum atomic E-state index is 13.3. The molecule has 2 amide bonds. The standard InChI is InChI=1S/C31H34ClN7O2/c1-20-17-22(35-28(40)9-6-14-38(2)3)10-11-23(20)30(41)39-15-12-21(13-16-39)36-31-34-19-26(32)29(37-31)25-18-33-27-8-5-4-7-24(25)27/h4-11,17-19,21,33H,12-16H2,1-3H3,(H,35,40)(H,34,36,37)/b9-6+. The fourth-order valence-corrected chi connectivity index (χ4v) is 5.20. The topological polar surface area (TPSA) is 106 Å². The highest BCUT2D eigenvalue weighted by Gasteiger charge is 2.25. The van der Waals surface area contributed by atoms with Crippen LogP contribution in [0.25, 0.3) is 22.2 Å². The van der Waals surface area contributed by atoms with Crippen LogP contribution in [0.4, 0.5) is 11.6 Å². The fraction of sp³-hybridized carbons (Fsp3) is 0.290. The normalized spacial score (nSPS) is 14.2. The van der Waals surface area contributed by atoms with Gasteiger partial charge in [-0.25, -0.2) is 9.97 Å². The highest BCUT2D eigenvalue weighted by Crippen LogP contribution is 2.32. The number of likely N-dealkylation sites (N-methyl/N-ethyl adjacent to an activating group) is 1. The summed E-state index contributed by atoms with van der Waals surface area (Å²) < 4.78 is 0. The third kappa shape index (κ3) is 6.75. The summed E-state index contributed by atoms with van der Waals surface area (Å²) in [6.07, 6.45) is 8.41. The molecular weight excluding hydrogens is 538 g/mol. The Morgan fingerprint density at radius 1 is 1.17 bits per heavy atom. The van der Waals surface area contributed by atoms with Gasteiger partial charge in [-0.2, -0.15) is 0 Å². The van der Waals surface area contributed by atoms with Gasteiger partial charge in [-0.1, -0.05) is 35.9 Å². The zero-order valence-electron chi connectivity index (χ0n) is 23.4. The van der Waals surface area contributed by atoms with Crippen LogP contribution in [0.1, 0.15) is 28.8 Å². The summed E-state index contributed by atoms with van der Waals surface area (Å²) in [5.74, 6) is 0.316. The van der Waals surface area contributed by atoms with Crippen LogP contribution in [-0.4, -0.2) is 76.3 Å². The number of aromatic nitrogens is 3. The Morgan fingerprint density at radius 2 is 1.95 bits per heavy atom. The van der Waals surface area contributed by atoms with Gasteiger partial charge in [0.25, 0.3) is 5.91 Å². The largest absolute Gasteiger partial charge is 0.360 e. The molecule has 1 aliphatic rings. The lowest BCUT2D eigenvalue weighted by atomic mass is 10.0.